The van der Waals surface area contributed by atoms with Gasteiger partial charge in [0.1, 0.15) is 0 Å². The normalized spacial score (nSPS) is 8.62. The van der Waals surface area contributed by atoms with Crippen molar-refractivity contribution in [3.8, 4) is 0 Å². The summed E-state index contributed by atoms with van der Waals surface area (Å²) in [6.45, 7) is 0. The van der Waals surface area contributed by atoms with Crippen molar-refractivity contribution in [2.24, 2.45) is 0 Å². The summed E-state index contributed by atoms with van der Waals surface area (Å²) < 4.78 is 3.23. The third-order valence-corrected chi connectivity index (χ3v) is 0.766. The number of rotatable bonds is 3. The Morgan fingerprint density at radius 3 is 1.62 bits per heavy atom. The zero-order valence-corrected chi connectivity index (χ0v) is 5.84. The zero-order chi connectivity index (χ0) is 10.6. The second kappa shape index (κ2) is 3.95. The molecule has 0 bridgehead atoms. The fraction of sp³-hybridized carbons (Fsp3) is 0. The van der Waals surface area contributed by atoms with E-state index in [2.05, 4.69) is 4.74 Å². The standard InChI is InChI=1S/C5H2O8/c6-1(3(8)9)2(7)4(10)13-5(11)12/h(H,8,9)(H,11,12). The smallest absolute Gasteiger partial charge is 0.475 e. The number of ketones is 2. The summed E-state index contributed by atoms with van der Waals surface area (Å²) in [7, 11) is 0. The Kier molecular flexibility index (Phi) is 3.26. The van der Waals surface area contributed by atoms with E-state index in [1.807, 2.05) is 0 Å². The van der Waals surface area contributed by atoms with Gasteiger partial charge in [0.15, 0.2) is 0 Å². The maximum absolute atomic E-state index is 10.4. The Hall–Kier alpha value is -2.25. The van der Waals surface area contributed by atoms with Crippen LogP contribution < -0.4 is 0 Å². The molecule has 0 radical (unpaired) electrons. The molecule has 0 rings (SSSR count). The summed E-state index contributed by atoms with van der Waals surface area (Å²) in [6, 6.07) is 0. The fourth-order valence-corrected chi connectivity index (χ4v) is 0.315. The molecule has 13 heavy (non-hydrogen) atoms. The summed E-state index contributed by atoms with van der Waals surface area (Å²) in [5, 5.41) is 15.7. The highest BCUT2D eigenvalue weighted by molar-refractivity contribution is 6.76. The van der Waals surface area contributed by atoms with Gasteiger partial charge in [0.2, 0.25) is 0 Å². The summed E-state index contributed by atoms with van der Waals surface area (Å²) in [4.78, 5) is 50.3. The summed E-state index contributed by atoms with van der Waals surface area (Å²) >= 11 is 0. The third-order valence-electron chi connectivity index (χ3n) is 0.766. The monoisotopic (exact) mass is 190 g/mol. The van der Waals surface area contributed by atoms with Crippen LogP contribution in [0.3, 0.4) is 0 Å². The molecule has 0 aliphatic carbocycles. The van der Waals surface area contributed by atoms with Crippen molar-refractivity contribution in [2.75, 3.05) is 0 Å². The van der Waals surface area contributed by atoms with Gasteiger partial charge in [-0.25, -0.2) is 14.4 Å². The van der Waals surface area contributed by atoms with E-state index in [1.165, 1.54) is 0 Å². The minimum Gasteiger partial charge on any atom is -0.475 e. The van der Waals surface area contributed by atoms with Gasteiger partial charge in [-0.15, -0.1) is 0 Å². The van der Waals surface area contributed by atoms with Crippen LogP contribution in [-0.4, -0.2) is 39.9 Å². The largest absolute Gasteiger partial charge is 0.513 e. The molecule has 0 saturated heterocycles. The average Bonchev–Trinajstić information content (AvgIpc) is 2.00. The highest BCUT2D eigenvalue weighted by Crippen LogP contribution is 1.85. The number of esters is 1. The van der Waals surface area contributed by atoms with Crippen molar-refractivity contribution in [1.82, 2.24) is 0 Å². The van der Waals surface area contributed by atoms with Gasteiger partial charge >= 0.3 is 29.7 Å². The van der Waals surface area contributed by atoms with Gasteiger partial charge in [0, 0.05) is 0 Å². The first kappa shape index (κ1) is 10.8. The molecule has 0 unspecified atom stereocenters. The number of carbonyl (C=O) groups excluding carboxylic acids is 3. The first-order chi connectivity index (χ1) is 5.86. The quantitative estimate of drug-likeness (QED) is 0.309. The predicted octanol–water partition coefficient (Wildman–Crippen LogP) is -1.57. The topological polar surface area (TPSA) is 135 Å². The lowest BCUT2D eigenvalue weighted by Crippen LogP contribution is -2.32. The molecular formula is C5H2O8. The number of ether oxygens (including phenoxy) is 1. The zero-order valence-electron chi connectivity index (χ0n) is 5.84. The van der Waals surface area contributed by atoms with Crippen molar-refractivity contribution >= 4 is 29.7 Å². The lowest BCUT2D eigenvalue weighted by atomic mass is 10.3. The van der Waals surface area contributed by atoms with Gasteiger partial charge in [-0.05, 0) is 0 Å². The molecule has 8 heteroatoms. The highest BCUT2D eigenvalue weighted by Gasteiger charge is 2.31. The molecule has 2 N–H and O–H groups in total. The van der Waals surface area contributed by atoms with Crippen LogP contribution in [0.4, 0.5) is 4.79 Å². The van der Waals surface area contributed by atoms with Crippen molar-refractivity contribution in [1.29, 1.82) is 0 Å². The second-order valence-electron chi connectivity index (χ2n) is 1.62. The number of Topliss-reactive ketones (excluding diaryl/α,β-unsaturated/α-hetero) is 2. The summed E-state index contributed by atoms with van der Waals surface area (Å²) in [5.41, 5.74) is 0. The molecule has 70 valence electrons. The molecule has 0 amide bonds. The molecule has 0 saturated carbocycles. The first-order valence-corrected chi connectivity index (χ1v) is 2.63. The maximum atomic E-state index is 10.4. The van der Waals surface area contributed by atoms with Crippen molar-refractivity contribution in [2.45, 2.75) is 0 Å². The Bertz CT molecular complexity index is 300. The van der Waals surface area contributed by atoms with Crippen LogP contribution in [0.2, 0.25) is 0 Å². The Morgan fingerprint density at radius 2 is 1.31 bits per heavy atom. The van der Waals surface area contributed by atoms with E-state index >= 15 is 0 Å². The van der Waals surface area contributed by atoms with Crippen LogP contribution in [0.25, 0.3) is 0 Å². The van der Waals surface area contributed by atoms with Crippen LogP contribution in [0.15, 0.2) is 0 Å². The van der Waals surface area contributed by atoms with Crippen molar-refractivity contribution in [3.63, 3.8) is 0 Å². The molecule has 0 aliphatic heterocycles. The Morgan fingerprint density at radius 1 is 0.846 bits per heavy atom. The number of aliphatic carboxylic acids is 1. The summed E-state index contributed by atoms with van der Waals surface area (Å²) in [6.07, 6.45) is -2.10. The van der Waals surface area contributed by atoms with Crippen LogP contribution in [0, 0.1) is 0 Å². The molecular weight excluding hydrogens is 188 g/mol. The van der Waals surface area contributed by atoms with Crippen molar-refractivity contribution in [3.05, 3.63) is 0 Å². The lowest BCUT2D eigenvalue weighted by molar-refractivity contribution is -0.159. The molecule has 0 heterocycles. The molecule has 0 aromatic heterocycles. The van der Waals surface area contributed by atoms with E-state index in [1.54, 1.807) is 0 Å². The SMILES string of the molecule is O=C(O)OC(=O)C(=O)C(=O)C(=O)O. The van der Waals surface area contributed by atoms with Crippen LogP contribution in [-0.2, 0) is 23.9 Å². The van der Waals surface area contributed by atoms with Crippen LogP contribution in [0.1, 0.15) is 0 Å². The van der Waals surface area contributed by atoms with E-state index in [0.29, 0.717) is 0 Å². The van der Waals surface area contributed by atoms with E-state index in [9.17, 15) is 24.0 Å². The Balaban J connectivity index is 4.44. The molecule has 0 aliphatic rings. The highest BCUT2D eigenvalue weighted by atomic mass is 16.7. The van der Waals surface area contributed by atoms with Gasteiger partial charge in [-0.2, -0.15) is 0 Å². The number of hydrogen-bond donors (Lipinski definition) is 2. The minimum absolute atomic E-state index is 2.04. The predicted molar refractivity (Wildman–Crippen MR) is 31.8 cm³/mol. The molecule has 0 aromatic rings. The van der Waals surface area contributed by atoms with E-state index in [-0.39, 0.29) is 0 Å². The van der Waals surface area contributed by atoms with E-state index in [4.69, 9.17) is 10.2 Å². The number of carboxylic acids is 1. The van der Waals surface area contributed by atoms with E-state index in [0.717, 1.165) is 0 Å². The molecule has 0 aromatic carbocycles. The molecule has 0 fully saturated rings. The lowest BCUT2D eigenvalue weighted by Gasteiger charge is -1.93. The van der Waals surface area contributed by atoms with Gasteiger partial charge in [-0.3, -0.25) is 9.59 Å². The molecule has 0 atom stereocenters. The number of hydrogen-bond acceptors (Lipinski definition) is 6. The third kappa shape index (κ3) is 3.10. The fourth-order valence-electron chi connectivity index (χ4n) is 0.315. The number of carboxylic acid groups (broad SMARTS) is 2. The average molecular weight is 190 g/mol. The molecule has 0 spiro atoms. The van der Waals surface area contributed by atoms with Crippen molar-refractivity contribution < 1.29 is 38.9 Å². The van der Waals surface area contributed by atoms with Crippen LogP contribution >= 0.6 is 0 Å². The van der Waals surface area contributed by atoms with Gasteiger partial charge in [0.05, 0.1) is 0 Å². The minimum atomic E-state index is -2.16. The Labute approximate surface area is 69.7 Å². The van der Waals surface area contributed by atoms with E-state index < -0.39 is 29.7 Å². The van der Waals surface area contributed by atoms with Gasteiger partial charge in [-0.1, -0.05) is 0 Å². The van der Waals surface area contributed by atoms with Crippen LogP contribution in [0.5, 0.6) is 0 Å². The molecule has 8 nitrogen and oxygen atoms in total. The van der Waals surface area contributed by atoms with Gasteiger partial charge < -0.3 is 14.9 Å². The summed E-state index contributed by atoms with van der Waals surface area (Å²) in [5.74, 6) is -8.30. The first-order valence-electron chi connectivity index (χ1n) is 2.63. The van der Waals surface area contributed by atoms with Gasteiger partial charge in [0.25, 0.3) is 0 Å². The maximum Gasteiger partial charge on any atom is 0.513 e. The number of carbonyl (C=O) groups is 5. The second-order valence-corrected chi connectivity index (χ2v) is 1.62.